The lowest BCUT2D eigenvalue weighted by Gasteiger charge is -2.18. The molecule has 106 valence electrons. The van der Waals surface area contributed by atoms with E-state index in [2.05, 4.69) is 0 Å². The average Bonchev–Trinajstić information content (AvgIpc) is 2.22. The van der Waals surface area contributed by atoms with Crippen molar-refractivity contribution in [3.05, 3.63) is 0 Å². The smallest absolute Gasteiger partial charge is 0.0779 e. The van der Waals surface area contributed by atoms with Gasteiger partial charge in [0.1, 0.15) is 0 Å². The monoisotopic (exact) mass is 252 g/mol. The minimum Gasteiger partial charge on any atom is -0.394 e. The predicted molar refractivity (Wildman–Crippen MR) is 67.0 cm³/mol. The van der Waals surface area contributed by atoms with Gasteiger partial charge in [-0.1, -0.05) is 0 Å². The van der Waals surface area contributed by atoms with Gasteiger partial charge in [-0.2, -0.15) is 0 Å². The van der Waals surface area contributed by atoms with Crippen LogP contribution in [0.15, 0.2) is 0 Å². The molecule has 2 unspecified atom stereocenters. The Balaban J connectivity index is 0. The summed E-state index contributed by atoms with van der Waals surface area (Å²) in [7, 11) is 0. The number of hydrogen-bond acceptors (Lipinski definition) is 5. The van der Waals surface area contributed by atoms with E-state index >= 15 is 0 Å². The minimum absolute atomic E-state index is 0.00667. The SMILES string of the molecule is CC(C)(C)OCCO.CC(O)COC(C)CO. The molecule has 2 atom stereocenters. The molecule has 5 nitrogen and oxygen atoms in total. The summed E-state index contributed by atoms with van der Waals surface area (Å²) in [5, 5.41) is 25.4. The molecule has 0 saturated carbocycles. The van der Waals surface area contributed by atoms with Gasteiger partial charge in [0.05, 0.1) is 44.2 Å². The zero-order valence-corrected chi connectivity index (χ0v) is 11.6. The predicted octanol–water partition coefficient (Wildman–Crippen LogP) is 0.558. The number of aliphatic hydroxyl groups excluding tert-OH is 3. The van der Waals surface area contributed by atoms with E-state index in [1.54, 1.807) is 13.8 Å². The van der Waals surface area contributed by atoms with Crippen molar-refractivity contribution in [3.8, 4) is 0 Å². The fourth-order valence-electron chi connectivity index (χ4n) is 0.708. The summed E-state index contributed by atoms with van der Waals surface area (Å²) in [6, 6.07) is 0. The molecule has 0 heterocycles. The summed E-state index contributed by atoms with van der Waals surface area (Å²) in [5.74, 6) is 0. The molecule has 0 aliphatic carbocycles. The summed E-state index contributed by atoms with van der Waals surface area (Å²) < 4.78 is 10.1. The molecule has 17 heavy (non-hydrogen) atoms. The van der Waals surface area contributed by atoms with Crippen molar-refractivity contribution in [2.24, 2.45) is 0 Å². The van der Waals surface area contributed by atoms with Crippen LogP contribution in [0, 0.1) is 0 Å². The molecule has 0 rings (SSSR count). The van der Waals surface area contributed by atoms with Gasteiger partial charge in [0.25, 0.3) is 0 Å². The Morgan fingerprint density at radius 3 is 1.88 bits per heavy atom. The molecule has 0 saturated heterocycles. The maximum absolute atomic E-state index is 8.69. The lowest BCUT2D eigenvalue weighted by atomic mass is 10.2. The van der Waals surface area contributed by atoms with Crippen LogP contribution < -0.4 is 0 Å². The van der Waals surface area contributed by atoms with Crippen molar-refractivity contribution < 1.29 is 24.8 Å². The first kappa shape index (κ1) is 19.1. The lowest BCUT2D eigenvalue weighted by molar-refractivity contribution is -0.0199. The van der Waals surface area contributed by atoms with Crippen LogP contribution in [0.4, 0.5) is 0 Å². The third-order valence-electron chi connectivity index (χ3n) is 1.51. The molecule has 0 radical (unpaired) electrons. The average molecular weight is 252 g/mol. The van der Waals surface area contributed by atoms with E-state index in [0.717, 1.165) is 0 Å². The van der Waals surface area contributed by atoms with Crippen molar-refractivity contribution in [1.82, 2.24) is 0 Å². The topological polar surface area (TPSA) is 79.2 Å². The highest BCUT2D eigenvalue weighted by Crippen LogP contribution is 2.04. The minimum atomic E-state index is -0.445. The molecule has 3 N–H and O–H groups in total. The Kier molecular flexibility index (Phi) is 12.3. The van der Waals surface area contributed by atoms with Gasteiger partial charge in [-0.15, -0.1) is 0 Å². The fraction of sp³-hybridized carbons (Fsp3) is 1.00. The number of ether oxygens (including phenoxy) is 2. The Morgan fingerprint density at radius 2 is 1.65 bits per heavy atom. The molecule has 0 aromatic rings. The summed E-state index contributed by atoms with van der Waals surface area (Å²) in [6.07, 6.45) is -0.612. The molecular formula is C12H28O5. The van der Waals surface area contributed by atoms with E-state index in [9.17, 15) is 0 Å². The van der Waals surface area contributed by atoms with Gasteiger partial charge in [-0.3, -0.25) is 0 Å². The zero-order valence-electron chi connectivity index (χ0n) is 11.6. The quantitative estimate of drug-likeness (QED) is 0.643. The maximum atomic E-state index is 8.69. The first-order chi connectivity index (χ1) is 7.72. The third-order valence-corrected chi connectivity index (χ3v) is 1.51. The maximum Gasteiger partial charge on any atom is 0.0779 e. The summed E-state index contributed by atoms with van der Waals surface area (Å²) >= 11 is 0. The lowest BCUT2D eigenvalue weighted by Crippen LogP contribution is -2.20. The van der Waals surface area contributed by atoms with Gasteiger partial charge in [-0.25, -0.2) is 0 Å². The van der Waals surface area contributed by atoms with E-state index < -0.39 is 6.10 Å². The number of aliphatic hydroxyl groups is 3. The van der Waals surface area contributed by atoms with Gasteiger partial charge in [0, 0.05) is 0 Å². The van der Waals surface area contributed by atoms with Crippen molar-refractivity contribution in [2.75, 3.05) is 26.4 Å². The van der Waals surface area contributed by atoms with Crippen LogP contribution in [0.25, 0.3) is 0 Å². The summed E-state index contributed by atoms with van der Waals surface area (Å²) in [5.41, 5.74) is -0.108. The van der Waals surface area contributed by atoms with E-state index in [-0.39, 0.29) is 24.9 Å². The van der Waals surface area contributed by atoms with Crippen LogP contribution >= 0.6 is 0 Å². The Labute approximate surface area is 104 Å². The molecule has 0 fully saturated rings. The molecule has 5 heteroatoms. The summed E-state index contributed by atoms with van der Waals surface area (Å²) in [6.45, 7) is 10.1. The third kappa shape index (κ3) is 21.6. The van der Waals surface area contributed by atoms with Gasteiger partial charge < -0.3 is 24.8 Å². The van der Waals surface area contributed by atoms with Gasteiger partial charge in [0.15, 0.2) is 0 Å². The van der Waals surface area contributed by atoms with Crippen LogP contribution in [0.3, 0.4) is 0 Å². The van der Waals surface area contributed by atoms with Crippen molar-refractivity contribution >= 4 is 0 Å². The van der Waals surface area contributed by atoms with Crippen LogP contribution in [0.2, 0.25) is 0 Å². The Morgan fingerprint density at radius 1 is 1.12 bits per heavy atom. The molecule has 0 spiro atoms. The second kappa shape index (κ2) is 10.9. The molecule has 0 aromatic carbocycles. The fourth-order valence-corrected chi connectivity index (χ4v) is 0.708. The Hall–Kier alpha value is -0.200. The largest absolute Gasteiger partial charge is 0.394 e. The van der Waals surface area contributed by atoms with Crippen LogP contribution in [-0.2, 0) is 9.47 Å². The highest BCUT2D eigenvalue weighted by molar-refractivity contribution is 4.57. The number of hydrogen-bond donors (Lipinski definition) is 3. The Bertz CT molecular complexity index is 153. The van der Waals surface area contributed by atoms with E-state index in [1.807, 2.05) is 20.8 Å². The number of rotatable bonds is 6. The first-order valence-electron chi connectivity index (χ1n) is 5.88. The zero-order chi connectivity index (χ0) is 13.9. The van der Waals surface area contributed by atoms with Gasteiger partial charge >= 0.3 is 0 Å². The molecule has 0 amide bonds. The van der Waals surface area contributed by atoms with Gasteiger partial charge in [-0.05, 0) is 34.6 Å². The normalized spacial score (nSPS) is 14.8. The van der Waals surface area contributed by atoms with E-state index in [1.165, 1.54) is 0 Å². The second-order valence-electron chi connectivity index (χ2n) is 4.86. The van der Waals surface area contributed by atoms with Crippen LogP contribution in [0.5, 0.6) is 0 Å². The highest BCUT2D eigenvalue weighted by atomic mass is 16.5. The highest BCUT2D eigenvalue weighted by Gasteiger charge is 2.07. The first-order valence-corrected chi connectivity index (χ1v) is 5.88. The van der Waals surface area contributed by atoms with Crippen LogP contribution in [0.1, 0.15) is 34.6 Å². The van der Waals surface area contributed by atoms with Crippen molar-refractivity contribution in [2.45, 2.75) is 52.4 Å². The van der Waals surface area contributed by atoms with Crippen molar-refractivity contribution in [3.63, 3.8) is 0 Å². The molecular weight excluding hydrogens is 224 g/mol. The van der Waals surface area contributed by atoms with E-state index in [0.29, 0.717) is 13.2 Å². The standard InChI is InChI=1S/C6H14O3.C6H14O2/c1-5(8)4-9-6(2)3-7;1-6(2,3)8-5-4-7/h5-8H,3-4H2,1-2H3;7H,4-5H2,1-3H3. The second-order valence-corrected chi connectivity index (χ2v) is 4.86. The molecule has 0 aromatic heterocycles. The van der Waals surface area contributed by atoms with Gasteiger partial charge in [0.2, 0.25) is 0 Å². The molecule has 0 bridgehead atoms. The van der Waals surface area contributed by atoms with Crippen molar-refractivity contribution in [1.29, 1.82) is 0 Å². The van der Waals surface area contributed by atoms with E-state index in [4.69, 9.17) is 24.8 Å². The van der Waals surface area contributed by atoms with Crippen LogP contribution in [-0.4, -0.2) is 59.6 Å². The summed E-state index contributed by atoms with van der Waals surface area (Å²) in [4.78, 5) is 0. The molecule has 0 aliphatic rings. The molecule has 0 aliphatic heterocycles.